The molecule has 2 aromatic rings. The van der Waals surface area contributed by atoms with Gasteiger partial charge in [0.05, 0.1) is 12.2 Å². The normalized spacial score (nSPS) is 10.1. The zero-order valence-electron chi connectivity index (χ0n) is 11.7. The van der Waals surface area contributed by atoms with Crippen molar-refractivity contribution in [2.24, 2.45) is 0 Å². The van der Waals surface area contributed by atoms with E-state index >= 15 is 0 Å². The molecular weight excluding hydrogens is 300 g/mol. The third kappa shape index (κ3) is 4.36. The zero-order chi connectivity index (χ0) is 13.5. The number of carbonyl (C=O) groups is 1. The third-order valence-corrected chi connectivity index (χ3v) is 3.24. The minimum atomic E-state index is -0.215. The molecule has 111 valence electrons. The maximum atomic E-state index is 12.1. The number of esters is 1. The fourth-order valence-electron chi connectivity index (χ4n) is 2.17. The first-order chi connectivity index (χ1) is 9.33. The fourth-order valence-corrected chi connectivity index (χ4v) is 2.17. The first-order valence-electron chi connectivity index (χ1n) is 6.98. The average molecular weight is 320 g/mol. The molecule has 0 fully saturated rings. The molecule has 2 aromatic carbocycles. The van der Waals surface area contributed by atoms with Crippen molar-refractivity contribution in [1.82, 2.24) is 0 Å². The van der Waals surface area contributed by atoms with Gasteiger partial charge in [-0.05, 0) is 23.3 Å². The molecule has 20 heavy (non-hydrogen) atoms. The number of hydrogen-bond acceptors (Lipinski definition) is 2. The van der Waals surface area contributed by atoms with Gasteiger partial charge in [0, 0.05) is 17.1 Å². The quantitative estimate of drug-likeness (QED) is 0.443. The maximum absolute atomic E-state index is 12.1. The molecule has 0 bridgehead atoms. The van der Waals surface area contributed by atoms with Crippen molar-refractivity contribution in [3.05, 3.63) is 48.0 Å². The number of fused-ring (bicyclic) bond motifs is 1. The Morgan fingerprint density at radius 3 is 2.55 bits per heavy atom. The number of rotatable bonds is 6. The number of unbranched alkanes of at least 4 members (excludes halogenated alkanes) is 3. The topological polar surface area (TPSA) is 26.3 Å². The van der Waals surface area contributed by atoms with Gasteiger partial charge in [-0.2, -0.15) is 0 Å². The van der Waals surface area contributed by atoms with Crippen molar-refractivity contribution in [2.75, 3.05) is 6.61 Å². The zero-order valence-corrected chi connectivity index (χ0v) is 12.6. The van der Waals surface area contributed by atoms with Crippen molar-refractivity contribution in [3.8, 4) is 0 Å². The van der Waals surface area contributed by atoms with E-state index in [1.807, 2.05) is 42.5 Å². The van der Waals surface area contributed by atoms with E-state index in [1.165, 1.54) is 12.8 Å². The molecule has 0 atom stereocenters. The molecule has 0 amide bonds. The van der Waals surface area contributed by atoms with E-state index in [1.54, 1.807) is 0 Å². The van der Waals surface area contributed by atoms with Gasteiger partial charge < -0.3 is 4.74 Å². The summed E-state index contributed by atoms with van der Waals surface area (Å²) >= 11 is 0. The summed E-state index contributed by atoms with van der Waals surface area (Å²) < 4.78 is 5.34. The first kappa shape index (κ1) is 16.7. The van der Waals surface area contributed by atoms with Crippen LogP contribution in [0.1, 0.15) is 43.0 Å². The second-order valence-corrected chi connectivity index (χ2v) is 4.72. The van der Waals surface area contributed by atoms with Crippen LogP contribution in [0.4, 0.5) is 0 Å². The smallest absolute Gasteiger partial charge is 0.338 e. The summed E-state index contributed by atoms with van der Waals surface area (Å²) in [6.07, 6.45) is 4.47. The van der Waals surface area contributed by atoms with Crippen molar-refractivity contribution in [3.63, 3.8) is 0 Å². The summed E-state index contributed by atoms with van der Waals surface area (Å²) in [6.45, 7) is 2.68. The Balaban J connectivity index is 0.00000200. The van der Waals surface area contributed by atoms with Crippen molar-refractivity contribution in [2.45, 2.75) is 32.6 Å². The van der Waals surface area contributed by atoms with Crippen molar-refractivity contribution < 1.29 is 26.6 Å². The number of hydrogen-bond donors (Lipinski definition) is 0. The van der Waals surface area contributed by atoms with Crippen LogP contribution < -0.4 is 0 Å². The molecule has 0 aromatic heterocycles. The summed E-state index contributed by atoms with van der Waals surface area (Å²) in [7, 11) is 0. The minimum absolute atomic E-state index is 0. The molecule has 0 heterocycles. The Labute approximate surface area is 131 Å². The number of ether oxygens (including phenoxy) is 1. The molecule has 2 nitrogen and oxygen atoms in total. The van der Waals surface area contributed by atoms with E-state index in [9.17, 15) is 4.79 Å². The van der Waals surface area contributed by atoms with Crippen LogP contribution in [-0.4, -0.2) is 12.6 Å². The van der Waals surface area contributed by atoms with Gasteiger partial charge in [0.25, 0.3) is 0 Å². The van der Waals surface area contributed by atoms with E-state index in [2.05, 4.69) is 6.92 Å². The van der Waals surface area contributed by atoms with Gasteiger partial charge in [-0.15, -0.1) is 0 Å². The van der Waals surface area contributed by atoms with E-state index in [-0.39, 0.29) is 23.0 Å². The Bertz CT molecular complexity index is 546. The van der Waals surface area contributed by atoms with E-state index in [0.717, 1.165) is 23.6 Å². The predicted molar refractivity (Wildman–Crippen MR) is 78.4 cm³/mol. The molecule has 2 rings (SSSR count). The van der Waals surface area contributed by atoms with Crippen LogP contribution in [0.2, 0.25) is 0 Å². The Morgan fingerprint density at radius 2 is 1.75 bits per heavy atom. The SMILES string of the molecule is CCCCCCOC(=O)c1cccc2ccccc12.[Cu]. The van der Waals surface area contributed by atoms with E-state index in [0.29, 0.717) is 12.2 Å². The summed E-state index contributed by atoms with van der Waals surface area (Å²) in [6, 6.07) is 13.6. The molecule has 0 unspecified atom stereocenters. The van der Waals surface area contributed by atoms with Crippen LogP contribution in [0.5, 0.6) is 0 Å². The third-order valence-electron chi connectivity index (χ3n) is 3.24. The second-order valence-electron chi connectivity index (χ2n) is 4.72. The summed E-state index contributed by atoms with van der Waals surface area (Å²) in [5.41, 5.74) is 0.661. The molecular formula is C17H20CuO2. The molecule has 0 aliphatic heterocycles. The monoisotopic (exact) mass is 319 g/mol. The minimum Gasteiger partial charge on any atom is -0.462 e. The molecule has 1 radical (unpaired) electrons. The largest absolute Gasteiger partial charge is 0.462 e. The molecule has 0 aliphatic carbocycles. The van der Waals surface area contributed by atoms with E-state index in [4.69, 9.17) is 4.74 Å². The van der Waals surface area contributed by atoms with Crippen molar-refractivity contribution >= 4 is 16.7 Å². The Hall–Kier alpha value is -1.31. The van der Waals surface area contributed by atoms with Gasteiger partial charge >= 0.3 is 5.97 Å². The van der Waals surface area contributed by atoms with Crippen LogP contribution in [0, 0.1) is 0 Å². The Kier molecular flexibility index (Phi) is 7.35. The summed E-state index contributed by atoms with van der Waals surface area (Å²) in [4.78, 5) is 12.1. The Morgan fingerprint density at radius 1 is 1.00 bits per heavy atom. The summed E-state index contributed by atoms with van der Waals surface area (Å²) in [5, 5.41) is 2.03. The van der Waals surface area contributed by atoms with Gasteiger partial charge in [-0.1, -0.05) is 62.6 Å². The van der Waals surface area contributed by atoms with Gasteiger partial charge in [0.1, 0.15) is 0 Å². The van der Waals surface area contributed by atoms with Crippen LogP contribution >= 0.6 is 0 Å². The van der Waals surface area contributed by atoms with Crippen LogP contribution in [0.25, 0.3) is 10.8 Å². The fraction of sp³-hybridized carbons (Fsp3) is 0.353. The molecule has 0 N–H and O–H groups in total. The van der Waals surface area contributed by atoms with Crippen LogP contribution in [0.15, 0.2) is 42.5 Å². The predicted octanol–water partition coefficient (Wildman–Crippen LogP) is 4.57. The molecule has 0 spiro atoms. The van der Waals surface area contributed by atoms with Gasteiger partial charge in [-0.25, -0.2) is 4.79 Å². The first-order valence-corrected chi connectivity index (χ1v) is 6.98. The van der Waals surface area contributed by atoms with Gasteiger partial charge in [0.15, 0.2) is 0 Å². The van der Waals surface area contributed by atoms with Crippen LogP contribution in [0.3, 0.4) is 0 Å². The standard InChI is InChI=1S/C17H20O2.Cu/c1-2-3-4-7-13-19-17(18)16-12-8-10-14-9-5-6-11-15(14)16;/h5-6,8-12H,2-4,7,13H2,1H3;. The van der Waals surface area contributed by atoms with Crippen molar-refractivity contribution in [1.29, 1.82) is 0 Å². The summed E-state index contributed by atoms with van der Waals surface area (Å²) in [5.74, 6) is -0.215. The second kappa shape index (κ2) is 8.78. The molecule has 0 saturated heterocycles. The van der Waals surface area contributed by atoms with E-state index < -0.39 is 0 Å². The van der Waals surface area contributed by atoms with Gasteiger partial charge in [0.2, 0.25) is 0 Å². The number of carbonyl (C=O) groups excluding carboxylic acids is 1. The number of benzene rings is 2. The molecule has 0 saturated carbocycles. The van der Waals surface area contributed by atoms with Crippen LogP contribution in [-0.2, 0) is 21.8 Å². The molecule has 0 aliphatic rings. The van der Waals surface area contributed by atoms with Gasteiger partial charge in [-0.3, -0.25) is 0 Å². The average Bonchev–Trinajstić information content (AvgIpc) is 2.46. The maximum Gasteiger partial charge on any atom is 0.338 e. The molecule has 3 heteroatoms.